The van der Waals surface area contributed by atoms with Crippen LogP contribution < -0.4 is 15.0 Å². The number of pyridine rings is 1. The Morgan fingerprint density at radius 2 is 2.12 bits per heavy atom. The summed E-state index contributed by atoms with van der Waals surface area (Å²) >= 11 is 0. The Kier molecular flexibility index (Phi) is 5.39. The maximum atomic E-state index is 5.97. The molecule has 2 bridgehead atoms. The summed E-state index contributed by atoms with van der Waals surface area (Å²) in [5.41, 5.74) is 1.27. The van der Waals surface area contributed by atoms with Crippen LogP contribution in [-0.4, -0.2) is 86.3 Å². The third-order valence-corrected chi connectivity index (χ3v) is 5.89. The minimum absolute atomic E-state index is 0.610. The van der Waals surface area contributed by atoms with Gasteiger partial charge in [-0.1, -0.05) is 0 Å². The van der Waals surface area contributed by atoms with Crippen LogP contribution in [0, 0.1) is 0 Å². The van der Waals surface area contributed by atoms with Gasteiger partial charge in [0, 0.05) is 75.8 Å². The lowest BCUT2D eigenvalue weighted by atomic mass is 10.1. The van der Waals surface area contributed by atoms with Crippen LogP contribution in [0.3, 0.4) is 0 Å². The molecule has 5 heterocycles. The van der Waals surface area contributed by atoms with Gasteiger partial charge in [-0.05, 0) is 32.4 Å². The SMILES string of the molecule is CN1CCN(CCOc2cc(N3CC4CCCC3CN4)ccn2)CC1. The Hall–Kier alpha value is -1.37. The molecule has 0 aliphatic carbocycles. The Morgan fingerprint density at radius 1 is 1.24 bits per heavy atom. The number of hydrogen-bond acceptors (Lipinski definition) is 6. The molecule has 4 aliphatic heterocycles. The van der Waals surface area contributed by atoms with Gasteiger partial charge >= 0.3 is 0 Å². The molecule has 138 valence electrons. The van der Waals surface area contributed by atoms with Crippen molar-refractivity contribution in [3.8, 4) is 5.88 Å². The van der Waals surface area contributed by atoms with E-state index in [2.05, 4.69) is 44.2 Å². The van der Waals surface area contributed by atoms with Crippen molar-refractivity contribution in [3.63, 3.8) is 0 Å². The number of fused-ring (bicyclic) bond motifs is 4. The number of ether oxygens (including phenoxy) is 1. The Labute approximate surface area is 151 Å². The number of hydrogen-bond donors (Lipinski definition) is 1. The van der Waals surface area contributed by atoms with E-state index >= 15 is 0 Å². The van der Waals surface area contributed by atoms with Crippen LogP contribution in [0.4, 0.5) is 5.69 Å². The number of anilines is 1. The summed E-state index contributed by atoms with van der Waals surface area (Å²) in [6.07, 6.45) is 5.81. The molecule has 2 atom stereocenters. The molecule has 0 radical (unpaired) electrons. The lowest BCUT2D eigenvalue weighted by Gasteiger charge is -2.39. The van der Waals surface area contributed by atoms with E-state index in [0.717, 1.165) is 51.7 Å². The van der Waals surface area contributed by atoms with E-state index in [4.69, 9.17) is 4.74 Å². The molecule has 0 amide bonds. The molecular formula is C19H31N5O. The average molecular weight is 345 g/mol. The van der Waals surface area contributed by atoms with Crippen LogP contribution in [0.25, 0.3) is 0 Å². The normalized spacial score (nSPS) is 28.1. The van der Waals surface area contributed by atoms with Crippen molar-refractivity contribution in [3.05, 3.63) is 18.3 Å². The van der Waals surface area contributed by atoms with Gasteiger partial charge in [0.1, 0.15) is 6.61 Å². The summed E-state index contributed by atoms with van der Waals surface area (Å²) in [5, 5.41) is 3.67. The van der Waals surface area contributed by atoms with E-state index in [1.54, 1.807) is 0 Å². The molecule has 4 fully saturated rings. The highest BCUT2D eigenvalue weighted by Gasteiger charge is 2.31. The van der Waals surface area contributed by atoms with Gasteiger partial charge in [-0.2, -0.15) is 0 Å². The predicted molar refractivity (Wildman–Crippen MR) is 100 cm³/mol. The molecule has 0 saturated carbocycles. The second kappa shape index (κ2) is 7.89. The molecule has 5 rings (SSSR count). The highest BCUT2D eigenvalue weighted by molar-refractivity contribution is 5.50. The smallest absolute Gasteiger partial charge is 0.215 e. The van der Waals surface area contributed by atoms with E-state index in [-0.39, 0.29) is 0 Å². The largest absolute Gasteiger partial charge is 0.476 e. The zero-order chi connectivity index (χ0) is 17.1. The maximum Gasteiger partial charge on any atom is 0.215 e. The lowest BCUT2D eigenvalue weighted by Crippen LogP contribution is -2.54. The summed E-state index contributed by atoms with van der Waals surface area (Å²) < 4.78 is 5.97. The molecule has 1 aromatic heterocycles. The Morgan fingerprint density at radius 3 is 3.00 bits per heavy atom. The summed E-state index contributed by atoms with van der Waals surface area (Å²) in [4.78, 5) is 11.8. The Bertz CT molecular complexity index is 557. The zero-order valence-electron chi connectivity index (χ0n) is 15.4. The van der Waals surface area contributed by atoms with Gasteiger partial charge in [-0.15, -0.1) is 0 Å². The highest BCUT2D eigenvalue weighted by atomic mass is 16.5. The van der Waals surface area contributed by atoms with Crippen molar-refractivity contribution in [2.45, 2.75) is 31.3 Å². The van der Waals surface area contributed by atoms with Crippen molar-refractivity contribution in [2.75, 3.05) is 64.4 Å². The van der Waals surface area contributed by atoms with E-state index in [9.17, 15) is 0 Å². The summed E-state index contributed by atoms with van der Waals surface area (Å²) in [6.45, 7) is 8.49. The molecule has 25 heavy (non-hydrogen) atoms. The molecule has 4 aliphatic rings. The highest BCUT2D eigenvalue weighted by Crippen LogP contribution is 2.28. The molecular weight excluding hydrogens is 314 g/mol. The molecule has 1 aromatic rings. The first-order valence-corrected chi connectivity index (χ1v) is 9.78. The van der Waals surface area contributed by atoms with E-state index < -0.39 is 0 Å². The van der Waals surface area contributed by atoms with Crippen molar-refractivity contribution < 1.29 is 4.74 Å². The van der Waals surface area contributed by atoms with Crippen molar-refractivity contribution in [2.24, 2.45) is 0 Å². The van der Waals surface area contributed by atoms with Crippen LogP contribution in [0.15, 0.2) is 18.3 Å². The number of nitrogens with zero attached hydrogens (tertiary/aromatic N) is 4. The number of rotatable bonds is 5. The third-order valence-electron chi connectivity index (χ3n) is 5.89. The monoisotopic (exact) mass is 345 g/mol. The summed E-state index contributed by atoms with van der Waals surface area (Å²) in [5.74, 6) is 0.764. The fourth-order valence-corrected chi connectivity index (χ4v) is 4.24. The summed E-state index contributed by atoms with van der Waals surface area (Å²) in [7, 11) is 2.19. The molecule has 6 heteroatoms. The summed E-state index contributed by atoms with van der Waals surface area (Å²) in [6, 6.07) is 5.51. The van der Waals surface area contributed by atoms with Gasteiger partial charge < -0.3 is 19.9 Å². The first-order chi connectivity index (χ1) is 12.3. The number of nitrogens with one attached hydrogen (secondary N) is 1. The van der Waals surface area contributed by atoms with Crippen LogP contribution in [0.2, 0.25) is 0 Å². The van der Waals surface area contributed by atoms with Gasteiger partial charge in [0.15, 0.2) is 0 Å². The average Bonchev–Trinajstić information content (AvgIpc) is 2.99. The van der Waals surface area contributed by atoms with Gasteiger partial charge in [0.2, 0.25) is 5.88 Å². The number of likely N-dealkylation sites (N-methyl/N-ethyl adjacent to an activating group) is 1. The number of aromatic nitrogens is 1. The first-order valence-electron chi connectivity index (χ1n) is 9.78. The van der Waals surface area contributed by atoms with Gasteiger partial charge in [0.25, 0.3) is 0 Å². The minimum Gasteiger partial charge on any atom is -0.476 e. The Balaban J connectivity index is 1.32. The minimum atomic E-state index is 0.610. The van der Waals surface area contributed by atoms with Crippen molar-refractivity contribution in [1.29, 1.82) is 0 Å². The zero-order valence-corrected chi connectivity index (χ0v) is 15.4. The molecule has 0 aromatic carbocycles. The first kappa shape index (κ1) is 17.1. The van der Waals surface area contributed by atoms with Crippen molar-refractivity contribution >= 4 is 5.69 Å². The molecule has 6 nitrogen and oxygen atoms in total. The second-order valence-corrected chi connectivity index (χ2v) is 7.69. The van der Waals surface area contributed by atoms with Crippen LogP contribution in [0.1, 0.15) is 19.3 Å². The van der Waals surface area contributed by atoms with Gasteiger partial charge in [-0.25, -0.2) is 4.98 Å². The van der Waals surface area contributed by atoms with Crippen LogP contribution in [-0.2, 0) is 0 Å². The van der Waals surface area contributed by atoms with E-state index in [1.165, 1.54) is 24.9 Å². The fourth-order valence-electron chi connectivity index (χ4n) is 4.24. The maximum absolute atomic E-state index is 5.97. The van der Waals surface area contributed by atoms with Crippen LogP contribution >= 0.6 is 0 Å². The van der Waals surface area contributed by atoms with Crippen molar-refractivity contribution in [1.82, 2.24) is 20.1 Å². The van der Waals surface area contributed by atoms with Gasteiger partial charge in [-0.3, -0.25) is 4.90 Å². The standard InChI is InChI=1S/C19H31N5O/c1-22-7-9-23(10-8-22)11-12-25-19-13-17(5-6-20-19)24-15-16-3-2-4-18(24)14-21-16/h5-6,13,16,18,21H,2-4,7-12,14-15H2,1H3. The molecule has 0 spiro atoms. The van der Waals surface area contributed by atoms with Crippen LogP contribution in [0.5, 0.6) is 5.88 Å². The second-order valence-electron chi connectivity index (χ2n) is 7.69. The molecule has 2 unspecified atom stereocenters. The topological polar surface area (TPSA) is 43.9 Å². The lowest BCUT2D eigenvalue weighted by molar-refractivity contribution is 0.132. The van der Waals surface area contributed by atoms with E-state index in [1.807, 2.05) is 6.20 Å². The fraction of sp³-hybridized carbons (Fsp3) is 0.737. The number of piperazine rings is 2. The molecule has 1 N–H and O–H groups in total. The predicted octanol–water partition coefficient (Wildman–Crippen LogP) is 1.04. The molecule has 4 saturated heterocycles. The van der Waals surface area contributed by atoms with E-state index in [0.29, 0.717) is 18.7 Å². The quantitative estimate of drug-likeness (QED) is 0.860. The third kappa shape index (κ3) is 4.25. The van der Waals surface area contributed by atoms with Gasteiger partial charge in [0.05, 0.1) is 0 Å².